The molecule has 1 aromatic carbocycles. The van der Waals surface area contributed by atoms with Crippen molar-refractivity contribution in [2.45, 2.75) is 27.1 Å². The van der Waals surface area contributed by atoms with Crippen molar-refractivity contribution in [1.82, 2.24) is 0 Å². The lowest BCUT2D eigenvalue weighted by molar-refractivity contribution is -0.103. The van der Waals surface area contributed by atoms with Crippen molar-refractivity contribution >= 4 is 6.08 Å². The SMILES string of the molecule is CCOC(/C=C/c1ccccc1C)OCC. The van der Waals surface area contributed by atoms with Crippen LogP contribution in [0.3, 0.4) is 0 Å². The molecule has 0 aliphatic rings. The fourth-order valence-electron chi connectivity index (χ4n) is 1.44. The van der Waals surface area contributed by atoms with E-state index in [1.807, 2.05) is 38.1 Å². The number of hydrogen-bond donors (Lipinski definition) is 0. The zero-order valence-electron chi connectivity index (χ0n) is 10.3. The van der Waals surface area contributed by atoms with Crippen LogP contribution in [0, 0.1) is 6.92 Å². The molecular formula is C14H20O2. The highest BCUT2D eigenvalue weighted by atomic mass is 16.7. The van der Waals surface area contributed by atoms with Gasteiger partial charge in [0.25, 0.3) is 0 Å². The Balaban J connectivity index is 2.66. The molecule has 1 rings (SSSR count). The van der Waals surface area contributed by atoms with Gasteiger partial charge in [-0.3, -0.25) is 0 Å². The highest BCUT2D eigenvalue weighted by Gasteiger charge is 2.02. The lowest BCUT2D eigenvalue weighted by Crippen LogP contribution is -2.13. The molecule has 0 saturated heterocycles. The molecule has 2 heteroatoms. The van der Waals surface area contributed by atoms with E-state index >= 15 is 0 Å². The average Bonchev–Trinajstić information content (AvgIpc) is 2.28. The molecule has 0 bridgehead atoms. The molecule has 0 aliphatic heterocycles. The average molecular weight is 220 g/mol. The molecule has 0 spiro atoms. The minimum atomic E-state index is -0.241. The lowest BCUT2D eigenvalue weighted by Gasteiger charge is -2.12. The molecule has 0 fully saturated rings. The van der Waals surface area contributed by atoms with Crippen LogP contribution in [0.2, 0.25) is 0 Å². The standard InChI is InChI=1S/C14H20O2/c1-4-15-14(16-5-2)11-10-13-9-7-6-8-12(13)3/h6-11,14H,4-5H2,1-3H3/b11-10+. The summed E-state index contributed by atoms with van der Waals surface area (Å²) in [6.07, 6.45) is 3.76. The van der Waals surface area contributed by atoms with E-state index < -0.39 is 0 Å². The molecule has 0 unspecified atom stereocenters. The maximum atomic E-state index is 5.43. The van der Waals surface area contributed by atoms with Gasteiger partial charge in [0.05, 0.1) is 0 Å². The first kappa shape index (κ1) is 12.9. The summed E-state index contributed by atoms with van der Waals surface area (Å²) in [6, 6.07) is 8.25. The van der Waals surface area contributed by atoms with Crippen LogP contribution in [0.4, 0.5) is 0 Å². The maximum Gasteiger partial charge on any atom is 0.177 e. The molecule has 88 valence electrons. The van der Waals surface area contributed by atoms with Crippen LogP contribution < -0.4 is 0 Å². The Bertz CT molecular complexity index is 325. The highest BCUT2D eigenvalue weighted by Crippen LogP contribution is 2.10. The van der Waals surface area contributed by atoms with Gasteiger partial charge in [0, 0.05) is 13.2 Å². The molecular weight excluding hydrogens is 200 g/mol. The Morgan fingerprint density at radius 1 is 1.12 bits per heavy atom. The third-order valence-electron chi connectivity index (χ3n) is 2.28. The molecule has 0 heterocycles. The van der Waals surface area contributed by atoms with Gasteiger partial charge in [-0.2, -0.15) is 0 Å². The molecule has 0 aromatic heterocycles. The van der Waals surface area contributed by atoms with Crippen molar-refractivity contribution < 1.29 is 9.47 Å². The zero-order valence-corrected chi connectivity index (χ0v) is 10.3. The second-order valence-corrected chi connectivity index (χ2v) is 3.49. The fourth-order valence-corrected chi connectivity index (χ4v) is 1.44. The molecule has 0 atom stereocenters. The van der Waals surface area contributed by atoms with E-state index in [0.717, 1.165) is 0 Å². The van der Waals surface area contributed by atoms with E-state index in [1.54, 1.807) is 0 Å². The van der Waals surface area contributed by atoms with Crippen LogP contribution in [-0.2, 0) is 9.47 Å². The number of hydrogen-bond acceptors (Lipinski definition) is 2. The highest BCUT2D eigenvalue weighted by molar-refractivity contribution is 5.53. The van der Waals surface area contributed by atoms with Gasteiger partial charge in [-0.15, -0.1) is 0 Å². The van der Waals surface area contributed by atoms with Crippen molar-refractivity contribution in [1.29, 1.82) is 0 Å². The third-order valence-corrected chi connectivity index (χ3v) is 2.28. The van der Waals surface area contributed by atoms with Crippen molar-refractivity contribution in [2.75, 3.05) is 13.2 Å². The minimum Gasteiger partial charge on any atom is -0.349 e. The summed E-state index contributed by atoms with van der Waals surface area (Å²) in [4.78, 5) is 0. The second-order valence-electron chi connectivity index (χ2n) is 3.49. The topological polar surface area (TPSA) is 18.5 Å². The molecule has 0 N–H and O–H groups in total. The Hall–Kier alpha value is -1.12. The summed E-state index contributed by atoms with van der Waals surface area (Å²) in [7, 11) is 0. The smallest absolute Gasteiger partial charge is 0.177 e. The second kappa shape index (κ2) is 7.20. The molecule has 16 heavy (non-hydrogen) atoms. The van der Waals surface area contributed by atoms with Crippen LogP contribution in [0.5, 0.6) is 0 Å². The lowest BCUT2D eigenvalue weighted by atomic mass is 10.1. The fraction of sp³-hybridized carbons (Fsp3) is 0.429. The monoisotopic (exact) mass is 220 g/mol. The Morgan fingerprint density at radius 2 is 1.75 bits per heavy atom. The maximum absolute atomic E-state index is 5.43. The number of benzene rings is 1. The molecule has 0 saturated carbocycles. The van der Waals surface area contributed by atoms with E-state index in [1.165, 1.54) is 11.1 Å². The molecule has 1 aromatic rings. The summed E-state index contributed by atoms with van der Waals surface area (Å²) in [5, 5.41) is 0. The first-order valence-electron chi connectivity index (χ1n) is 5.75. The predicted octanol–water partition coefficient (Wildman–Crippen LogP) is 3.41. The van der Waals surface area contributed by atoms with Crippen LogP contribution in [-0.4, -0.2) is 19.5 Å². The number of rotatable bonds is 6. The van der Waals surface area contributed by atoms with Crippen molar-refractivity contribution in [3.05, 3.63) is 41.5 Å². The van der Waals surface area contributed by atoms with Crippen LogP contribution in [0.25, 0.3) is 6.08 Å². The predicted molar refractivity (Wildman–Crippen MR) is 67.3 cm³/mol. The van der Waals surface area contributed by atoms with Crippen LogP contribution in [0.1, 0.15) is 25.0 Å². The first-order valence-corrected chi connectivity index (χ1v) is 5.75. The zero-order chi connectivity index (χ0) is 11.8. The minimum absolute atomic E-state index is 0.241. The van der Waals surface area contributed by atoms with E-state index in [9.17, 15) is 0 Å². The molecule has 0 aliphatic carbocycles. The number of ether oxygens (including phenoxy) is 2. The van der Waals surface area contributed by atoms with E-state index in [4.69, 9.17) is 9.47 Å². The summed E-state index contributed by atoms with van der Waals surface area (Å²) in [6.45, 7) is 7.34. The van der Waals surface area contributed by atoms with Crippen molar-refractivity contribution in [3.63, 3.8) is 0 Å². The largest absolute Gasteiger partial charge is 0.349 e. The summed E-state index contributed by atoms with van der Waals surface area (Å²) in [5.74, 6) is 0. The Kier molecular flexibility index (Phi) is 5.83. The van der Waals surface area contributed by atoms with Crippen molar-refractivity contribution in [3.8, 4) is 0 Å². The Labute approximate surface area is 97.9 Å². The van der Waals surface area contributed by atoms with E-state index in [2.05, 4.69) is 19.1 Å². The van der Waals surface area contributed by atoms with Crippen LogP contribution in [0.15, 0.2) is 30.3 Å². The third kappa shape index (κ3) is 4.17. The molecule has 0 radical (unpaired) electrons. The van der Waals surface area contributed by atoms with E-state index in [-0.39, 0.29) is 6.29 Å². The van der Waals surface area contributed by atoms with Crippen molar-refractivity contribution in [2.24, 2.45) is 0 Å². The van der Waals surface area contributed by atoms with E-state index in [0.29, 0.717) is 13.2 Å². The van der Waals surface area contributed by atoms with Gasteiger partial charge in [-0.05, 0) is 38.0 Å². The number of aryl methyl sites for hydroxylation is 1. The van der Waals surface area contributed by atoms with Gasteiger partial charge in [-0.1, -0.05) is 30.3 Å². The summed E-state index contributed by atoms with van der Waals surface area (Å²) < 4.78 is 10.9. The normalized spacial score (nSPS) is 11.5. The Morgan fingerprint density at radius 3 is 2.31 bits per heavy atom. The quantitative estimate of drug-likeness (QED) is 0.684. The van der Waals surface area contributed by atoms with Crippen LogP contribution >= 0.6 is 0 Å². The van der Waals surface area contributed by atoms with Gasteiger partial charge in [0.15, 0.2) is 6.29 Å². The molecule has 2 nitrogen and oxygen atoms in total. The first-order chi connectivity index (χ1) is 7.77. The van der Waals surface area contributed by atoms with Gasteiger partial charge in [-0.25, -0.2) is 0 Å². The van der Waals surface area contributed by atoms with Gasteiger partial charge >= 0.3 is 0 Å². The van der Waals surface area contributed by atoms with Gasteiger partial charge < -0.3 is 9.47 Å². The summed E-state index contributed by atoms with van der Waals surface area (Å²) in [5.41, 5.74) is 2.46. The molecule has 0 amide bonds. The van der Waals surface area contributed by atoms with Gasteiger partial charge in [0.2, 0.25) is 0 Å². The van der Waals surface area contributed by atoms with Gasteiger partial charge in [0.1, 0.15) is 0 Å². The summed E-state index contributed by atoms with van der Waals surface area (Å²) >= 11 is 0.